The van der Waals surface area contributed by atoms with Crippen LogP contribution < -0.4 is 9.47 Å². The van der Waals surface area contributed by atoms with Crippen molar-refractivity contribution < 1.29 is 19.4 Å². The Hall–Kier alpha value is -3.34. The van der Waals surface area contributed by atoms with Crippen LogP contribution in [-0.2, 0) is 0 Å². The molecule has 0 unspecified atom stereocenters. The Morgan fingerprint density at radius 3 is 2.85 bits per heavy atom. The van der Waals surface area contributed by atoms with Crippen molar-refractivity contribution in [1.82, 2.24) is 4.98 Å². The molecule has 0 aliphatic carbocycles. The lowest BCUT2D eigenvalue weighted by Crippen LogP contribution is -2.15. The monoisotopic (exact) mass is 363 g/mol. The van der Waals surface area contributed by atoms with Crippen molar-refractivity contribution in [3.8, 4) is 11.5 Å². The van der Waals surface area contributed by atoms with E-state index >= 15 is 0 Å². The third-order valence-electron chi connectivity index (χ3n) is 4.09. The number of ketones is 1. The van der Waals surface area contributed by atoms with Gasteiger partial charge in [0.25, 0.3) is 0 Å². The Bertz CT molecular complexity index is 896. The summed E-state index contributed by atoms with van der Waals surface area (Å²) in [5, 5.41) is 9.29. The van der Waals surface area contributed by atoms with Crippen LogP contribution >= 0.6 is 0 Å². The van der Waals surface area contributed by atoms with Gasteiger partial charge in [-0.3, -0.25) is 9.78 Å². The fourth-order valence-electron chi connectivity index (χ4n) is 2.74. The van der Waals surface area contributed by atoms with Crippen molar-refractivity contribution in [3.63, 3.8) is 0 Å². The molecule has 5 heteroatoms. The maximum atomic E-state index is 11.9. The number of carbonyl (C=O) groups is 1. The molecule has 0 spiro atoms. The molecule has 1 aliphatic rings. The van der Waals surface area contributed by atoms with E-state index in [-0.39, 0.29) is 11.5 Å². The average Bonchev–Trinajstić information content (AvgIpc) is 2.66. The van der Waals surface area contributed by atoms with E-state index < -0.39 is 6.10 Å². The second-order valence-corrected chi connectivity index (χ2v) is 6.20. The van der Waals surface area contributed by atoms with Crippen LogP contribution in [0.2, 0.25) is 0 Å². The quantitative estimate of drug-likeness (QED) is 0.593. The molecule has 1 N–H and O–H groups in total. The van der Waals surface area contributed by atoms with E-state index in [4.69, 9.17) is 9.47 Å². The van der Waals surface area contributed by atoms with Gasteiger partial charge in [-0.15, -0.1) is 0 Å². The summed E-state index contributed by atoms with van der Waals surface area (Å²) in [5.74, 6) is 1.40. The number of hydrogen-bond donors (Lipinski definition) is 1. The smallest absolute Gasteiger partial charge is 0.169 e. The number of ether oxygens (including phenoxy) is 2. The first-order valence-corrected chi connectivity index (χ1v) is 8.64. The first kappa shape index (κ1) is 18.5. The maximum absolute atomic E-state index is 11.9. The SMILES string of the molecule is C=C(/C=C\C=C(/C)O)[C@H](Oc1ccc2c(c1)OCCC2=O)c1ccncc1. The van der Waals surface area contributed by atoms with Crippen molar-refractivity contribution in [2.24, 2.45) is 0 Å². The molecular weight excluding hydrogens is 342 g/mol. The summed E-state index contributed by atoms with van der Waals surface area (Å²) < 4.78 is 11.8. The fraction of sp³-hybridized carbons (Fsp3) is 0.182. The molecule has 27 heavy (non-hydrogen) atoms. The van der Waals surface area contributed by atoms with Crippen LogP contribution in [0.5, 0.6) is 11.5 Å². The number of aliphatic hydroxyl groups excluding tert-OH is 1. The minimum atomic E-state index is -0.450. The first-order chi connectivity index (χ1) is 13.0. The second-order valence-electron chi connectivity index (χ2n) is 6.20. The highest BCUT2D eigenvalue weighted by atomic mass is 16.5. The summed E-state index contributed by atoms with van der Waals surface area (Å²) in [4.78, 5) is 16.0. The van der Waals surface area contributed by atoms with Gasteiger partial charge >= 0.3 is 0 Å². The van der Waals surface area contributed by atoms with Crippen LogP contribution in [0.15, 0.2) is 78.9 Å². The van der Waals surface area contributed by atoms with E-state index in [1.165, 1.54) is 0 Å². The molecule has 0 saturated heterocycles. The van der Waals surface area contributed by atoms with Crippen LogP contribution in [0.1, 0.15) is 35.4 Å². The number of pyridine rings is 1. The number of aromatic nitrogens is 1. The van der Waals surface area contributed by atoms with Crippen LogP contribution in [0.25, 0.3) is 0 Å². The zero-order valence-corrected chi connectivity index (χ0v) is 15.1. The van der Waals surface area contributed by atoms with Crippen LogP contribution in [0, 0.1) is 0 Å². The van der Waals surface area contributed by atoms with Gasteiger partial charge in [0.15, 0.2) is 5.78 Å². The molecule has 0 saturated carbocycles. The topological polar surface area (TPSA) is 68.7 Å². The third kappa shape index (κ3) is 4.64. The van der Waals surface area contributed by atoms with Gasteiger partial charge in [-0.05, 0) is 48.4 Å². The summed E-state index contributed by atoms with van der Waals surface area (Å²) in [7, 11) is 0. The molecule has 0 radical (unpaired) electrons. The number of hydrogen-bond acceptors (Lipinski definition) is 5. The highest BCUT2D eigenvalue weighted by Crippen LogP contribution is 2.33. The standard InChI is InChI=1S/C22H21NO4/c1-15(4-3-5-16(2)24)22(17-8-11-23-12-9-17)27-18-6-7-19-20(25)10-13-26-21(19)14-18/h3-9,11-12,14,22,24H,1,10,13H2,2H3/b4-3-,16-5+/t22-/m0/s1. The number of benzene rings is 1. The summed E-state index contributed by atoms with van der Waals surface area (Å²) in [6, 6.07) is 8.93. The summed E-state index contributed by atoms with van der Waals surface area (Å²) in [5.41, 5.74) is 2.17. The molecule has 1 aromatic heterocycles. The minimum absolute atomic E-state index is 0.0759. The normalized spacial score (nSPS) is 15.1. The average molecular weight is 363 g/mol. The zero-order valence-electron chi connectivity index (χ0n) is 15.1. The zero-order chi connectivity index (χ0) is 19.2. The van der Waals surface area contributed by atoms with Crippen molar-refractivity contribution in [1.29, 1.82) is 0 Å². The van der Waals surface area contributed by atoms with E-state index in [1.54, 1.807) is 55.7 Å². The van der Waals surface area contributed by atoms with Gasteiger partial charge in [-0.25, -0.2) is 0 Å². The number of rotatable bonds is 6. The minimum Gasteiger partial charge on any atom is -0.513 e. The van der Waals surface area contributed by atoms with E-state index in [9.17, 15) is 9.90 Å². The molecule has 0 fully saturated rings. The van der Waals surface area contributed by atoms with E-state index in [0.717, 1.165) is 5.56 Å². The predicted molar refractivity (Wildman–Crippen MR) is 103 cm³/mol. The van der Waals surface area contributed by atoms with Crippen LogP contribution in [0.3, 0.4) is 0 Å². The highest BCUT2D eigenvalue weighted by molar-refractivity contribution is 5.99. The molecule has 0 bridgehead atoms. The van der Waals surface area contributed by atoms with E-state index in [2.05, 4.69) is 11.6 Å². The molecule has 138 valence electrons. The summed E-state index contributed by atoms with van der Waals surface area (Å²) in [6.45, 7) is 6.07. The highest BCUT2D eigenvalue weighted by Gasteiger charge is 2.21. The molecule has 2 heterocycles. The van der Waals surface area contributed by atoms with Gasteiger partial charge in [0.1, 0.15) is 17.6 Å². The summed E-state index contributed by atoms with van der Waals surface area (Å²) >= 11 is 0. The largest absolute Gasteiger partial charge is 0.513 e. The molecule has 2 aromatic rings. The third-order valence-corrected chi connectivity index (χ3v) is 4.09. The van der Waals surface area contributed by atoms with E-state index in [0.29, 0.717) is 35.7 Å². The Kier molecular flexibility index (Phi) is 5.71. The Morgan fingerprint density at radius 2 is 2.11 bits per heavy atom. The number of aliphatic hydroxyl groups is 1. The number of allylic oxidation sites excluding steroid dienone is 3. The van der Waals surface area contributed by atoms with Gasteiger partial charge in [-0.1, -0.05) is 18.7 Å². The Balaban J connectivity index is 1.88. The lowest BCUT2D eigenvalue weighted by atomic mass is 10.0. The van der Waals surface area contributed by atoms with Crippen LogP contribution in [-0.4, -0.2) is 22.5 Å². The number of fused-ring (bicyclic) bond motifs is 1. The number of Topliss-reactive ketones (excluding diaryl/α,β-unsaturated/α-hetero) is 1. The van der Waals surface area contributed by atoms with Gasteiger partial charge in [0.2, 0.25) is 0 Å². The maximum Gasteiger partial charge on any atom is 0.169 e. The fourth-order valence-corrected chi connectivity index (χ4v) is 2.74. The predicted octanol–water partition coefficient (Wildman–Crippen LogP) is 4.74. The van der Waals surface area contributed by atoms with Gasteiger partial charge in [0.05, 0.1) is 17.9 Å². The first-order valence-electron chi connectivity index (χ1n) is 8.64. The molecule has 0 amide bonds. The number of nitrogens with zero attached hydrogens (tertiary/aromatic N) is 1. The lowest BCUT2D eigenvalue weighted by Gasteiger charge is -2.22. The Labute approximate surface area is 158 Å². The molecular formula is C22H21NO4. The van der Waals surface area contributed by atoms with Gasteiger partial charge in [-0.2, -0.15) is 0 Å². The van der Waals surface area contributed by atoms with Crippen molar-refractivity contribution in [2.75, 3.05) is 6.61 Å². The van der Waals surface area contributed by atoms with Crippen molar-refractivity contribution >= 4 is 5.78 Å². The molecule has 1 aliphatic heterocycles. The number of carbonyl (C=O) groups excluding carboxylic acids is 1. The lowest BCUT2D eigenvalue weighted by molar-refractivity contribution is 0.0933. The summed E-state index contributed by atoms with van der Waals surface area (Å²) in [6.07, 6.45) is 8.39. The van der Waals surface area contributed by atoms with Crippen molar-refractivity contribution in [3.05, 3.63) is 90.0 Å². The van der Waals surface area contributed by atoms with Gasteiger partial charge in [0, 0.05) is 24.9 Å². The molecule has 1 atom stereocenters. The molecule has 1 aromatic carbocycles. The van der Waals surface area contributed by atoms with Gasteiger partial charge < -0.3 is 14.6 Å². The Morgan fingerprint density at radius 1 is 1.33 bits per heavy atom. The van der Waals surface area contributed by atoms with E-state index in [1.807, 2.05) is 12.1 Å². The van der Waals surface area contributed by atoms with Crippen molar-refractivity contribution in [2.45, 2.75) is 19.4 Å². The molecule has 3 rings (SSSR count). The van der Waals surface area contributed by atoms with Crippen LogP contribution in [0.4, 0.5) is 0 Å². The second kappa shape index (κ2) is 8.36. The molecule has 5 nitrogen and oxygen atoms in total.